The van der Waals surface area contributed by atoms with Gasteiger partial charge < -0.3 is 9.84 Å². The van der Waals surface area contributed by atoms with Gasteiger partial charge in [-0.05, 0) is 43.6 Å². The van der Waals surface area contributed by atoms with Crippen molar-refractivity contribution in [1.29, 1.82) is 0 Å². The van der Waals surface area contributed by atoms with E-state index in [-0.39, 0.29) is 23.8 Å². The zero-order chi connectivity index (χ0) is 20.5. The topological polar surface area (TPSA) is 80.0 Å². The molecule has 0 radical (unpaired) electrons. The number of aromatic nitrogens is 3. The number of hydrogen-bond acceptors (Lipinski definition) is 7. The number of benzene rings is 1. The van der Waals surface area contributed by atoms with Crippen molar-refractivity contribution in [2.45, 2.75) is 32.2 Å². The predicted octanol–water partition coefficient (Wildman–Crippen LogP) is 3.69. The van der Waals surface area contributed by atoms with E-state index in [2.05, 4.69) is 15.0 Å². The fourth-order valence-electron chi connectivity index (χ4n) is 3.88. The highest BCUT2D eigenvalue weighted by Gasteiger charge is 2.34. The molecular weight excluding hydrogens is 412 g/mol. The maximum Gasteiger partial charge on any atom is 0.308 e. The molecule has 9 heteroatoms. The quantitative estimate of drug-likeness (QED) is 0.617. The fraction of sp³-hybridized carbons (Fsp3) is 0.450. The minimum Gasteiger partial charge on any atom is -0.492 e. The SMILES string of the molecule is CCc1nc2sc([C@H](c3cccc(Cl)c3)N3CCC(C(=O)OC)CC3)c(O)n2n1. The zero-order valence-electron chi connectivity index (χ0n) is 16.3. The smallest absolute Gasteiger partial charge is 0.308 e. The van der Waals surface area contributed by atoms with Crippen LogP contribution in [0.15, 0.2) is 24.3 Å². The average molecular weight is 435 g/mol. The first kappa shape index (κ1) is 20.1. The van der Waals surface area contributed by atoms with Gasteiger partial charge in [0.25, 0.3) is 0 Å². The molecule has 2 aromatic heterocycles. The van der Waals surface area contributed by atoms with Crippen LogP contribution in [0.3, 0.4) is 0 Å². The lowest BCUT2D eigenvalue weighted by Crippen LogP contribution is -2.39. The number of carbonyl (C=O) groups excluding carboxylic acids is 1. The second kappa shape index (κ2) is 8.30. The van der Waals surface area contributed by atoms with Crippen LogP contribution in [0.1, 0.15) is 42.1 Å². The van der Waals surface area contributed by atoms with Gasteiger partial charge in [-0.25, -0.2) is 4.98 Å². The number of halogens is 1. The van der Waals surface area contributed by atoms with Crippen molar-refractivity contribution >= 4 is 33.9 Å². The minimum atomic E-state index is -0.189. The lowest BCUT2D eigenvalue weighted by atomic mass is 9.94. The number of rotatable bonds is 5. The van der Waals surface area contributed by atoms with Crippen LogP contribution in [-0.4, -0.2) is 50.8 Å². The Morgan fingerprint density at radius 3 is 2.79 bits per heavy atom. The summed E-state index contributed by atoms with van der Waals surface area (Å²) in [5.74, 6) is 0.575. The Morgan fingerprint density at radius 2 is 2.17 bits per heavy atom. The first-order chi connectivity index (χ1) is 14.0. The summed E-state index contributed by atoms with van der Waals surface area (Å²) in [5.41, 5.74) is 0.990. The number of hydrogen-bond donors (Lipinski definition) is 1. The largest absolute Gasteiger partial charge is 0.492 e. The first-order valence-corrected chi connectivity index (χ1v) is 10.9. The van der Waals surface area contributed by atoms with Crippen molar-refractivity contribution in [2.24, 2.45) is 5.92 Å². The third-order valence-corrected chi connectivity index (χ3v) is 6.71. The summed E-state index contributed by atoms with van der Waals surface area (Å²) in [6.07, 6.45) is 2.14. The fourth-order valence-corrected chi connectivity index (χ4v) is 5.22. The molecule has 0 aliphatic carbocycles. The Labute approximate surface area is 177 Å². The monoisotopic (exact) mass is 434 g/mol. The molecule has 1 atom stereocenters. The molecule has 1 saturated heterocycles. The highest BCUT2D eigenvalue weighted by molar-refractivity contribution is 7.17. The van der Waals surface area contributed by atoms with E-state index in [9.17, 15) is 9.90 Å². The van der Waals surface area contributed by atoms with Gasteiger partial charge in [0.1, 0.15) is 0 Å². The molecule has 0 amide bonds. The maximum atomic E-state index is 11.9. The molecule has 1 aliphatic heterocycles. The molecule has 29 heavy (non-hydrogen) atoms. The number of esters is 1. The normalized spacial score (nSPS) is 16.9. The van der Waals surface area contributed by atoms with Crippen LogP contribution in [0.4, 0.5) is 0 Å². The third-order valence-electron chi connectivity index (χ3n) is 5.40. The van der Waals surface area contributed by atoms with Crippen LogP contribution >= 0.6 is 22.9 Å². The molecule has 3 heterocycles. The third kappa shape index (κ3) is 3.84. The van der Waals surface area contributed by atoms with Gasteiger partial charge in [-0.15, -0.1) is 5.10 Å². The molecule has 154 valence electrons. The molecule has 7 nitrogen and oxygen atoms in total. The molecule has 0 saturated carbocycles. The molecule has 0 bridgehead atoms. The van der Waals surface area contributed by atoms with Gasteiger partial charge in [-0.2, -0.15) is 4.52 Å². The number of methoxy groups -OCH3 is 1. The van der Waals surface area contributed by atoms with Gasteiger partial charge in [0.15, 0.2) is 5.82 Å². The maximum absolute atomic E-state index is 11.9. The number of carbonyl (C=O) groups is 1. The van der Waals surface area contributed by atoms with Crippen molar-refractivity contribution in [3.63, 3.8) is 0 Å². The predicted molar refractivity (Wildman–Crippen MR) is 112 cm³/mol. The van der Waals surface area contributed by atoms with Crippen LogP contribution in [-0.2, 0) is 16.0 Å². The number of aromatic hydroxyl groups is 1. The number of ether oxygens (including phenoxy) is 1. The van der Waals surface area contributed by atoms with Crippen molar-refractivity contribution in [1.82, 2.24) is 19.5 Å². The standard InChI is InChI=1S/C20H23ClN4O3S/c1-3-15-22-20-25(23-15)18(26)17(29-20)16(13-5-4-6-14(21)11-13)24-9-7-12(8-10-24)19(27)28-2/h4-6,11-12,16,26H,3,7-10H2,1-2H3/t16-/m0/s1. The molecule has 0 spiro atoms. The first-order valence-electron chi connectivity index (χ1n) is 9.66. The number of aryl methyl sites for hydroxylation is 1. The van der Waals surface area contributed by atoms with Crippen molar-refractivity contribution in [3.05, 3.63) is 45.6 Å². The number of likely N-dealkylation sites (tertiary alicyclic amines) is 1. The molecule has 1 N–H and O–H groups in total. The summed E-state index contributed by atoms with van der Waals surface area (Å²) in [7, 11) is 1.43. The van der Waals surface area contributed by atoms with Gasteiger partial charge in [-0.3, -0.25) is 9.69 Å². The zero-order valence-corrected chi connectivity index (χ0v) is 17.9. The second-order valence-corrected chi connectivity index (χ2v) is 8.60. The Kier molecular flexibility index (Phi) is 5.76. The summed E-state index contributed by atoms with van der Waals surface area (Å²) in [6, 6.07) is 7.49. The number of fused-ring (bicyclic) bond motifs is 1. The van der Waals surface area contributed by atoms with E-state index in [1.165, 1.54) is 23.0 Å². The van der Waals surface area contributed by atoms with E-state index in [1.54, 1.807) is 0 Å². The van der Waals surface area contributed by atoms with E-state index in [0.29, 0.717) is 48.2 Å². The molecule has 1 aromatic carbocycles. The molecule has 4 rings (SSSR count). The van der Waals surface area contributed by atoms with Gasteiger partial charge in [0.2, 0.25) is 10.8 Å². The Hall–Kier alpha value is -2.16. The highest BCUT2D eigenvalue weighted by Crippen LogP contribution is 2.41. The number of thiazole rings is 1. The molecular formula is C20H23ClN4O3S. The van der Waals surface area contributed by atoms with Crippen molar-refractivity contribution < 1.29 is 14.6 Å². The molecule has 0 unspecified atom stereocenters. The van der Waals surface area contributed by atoms with E-state index in [1.807, 2.05) is 31.2 Å². The summed E-state index contributed by atoms with van der Waals surface area (Å²) in [5, 5.41) is 16.0. The molecule has 1 fully saturated rings. The number of piperidine rings is 1. The van der Waals surface area contributed by atoms with Crippen molar-refractivity contribution in [3.8, 4) is 5.88 Å². The summed E-state index contributed by atoms with van der Waals surface area (Å²) >= 11 is 7.70. The van der Waals surface area contributed by atoms with E-state index in [0.717, 1.165) is 10.4 Å². The second-order valence-electron chi connectivity index (χ2n) is 7.16. The lowest BCUT2D eigenvalue weighted by Gasteiger charge is -2.36. The van der Waals surface area contributed by atoms with Gasteiger partial charge in [0, 0.05) is 11.4 Å². The average Bonchev–Trinajstić information content (AvgIpc) is 3.27. The van der Waals surface area contributed by atoms with Crippen LogP contribution in [0.2, 0.25) is 5.02 Å². The Balaban J connectivity index is 1.71. The van der Waals surface area contributed by atoms with Gasteiger partial charge in [0.05, 0.1) is 23.9 Å². The number of nitrogens with zero attached hydrogens (tertiary/aromatic N) is 4. The van der Waals surface area contributed by atoms with Gasteiger partial charge >= 0.3 is 5.97 Å². The van der Waals surface area contributed by atoms with Gasteiger partial charge in [-0.1, -0.05) is 42.0 Å². The summed E-state index contributed by atoms with van der Waals surface area (Å²) in [4.78, 5) is 20.1. The van der Waals surface area contributed by atoms with Crippen LogP contribution in [0.25, 0.3) is 4.96 Å². The van der Waals surface area contributed by atoms with E-state index < -0.39 is 0 Å². The van der Waals surface area contributed by atoms with Crippen molar-refractivity contribution in [2.75, 3.05) is 20.2 Å². The van der Waals surface area contributed by atoms with E-state index >= 15 is 0 Å². The van der Waals surface area contributed by atoms with Crippen LogP contribution in [0, 0.1) is 5.92 Å². The van der Waals surface area contributed by atoms with Crippen LogP contribution in [0.5, 0.6) is 5.88 Å². The van der Waals surface area contributed by atoms with Crippen LogP contribution < -0.4 is 0 Å². The van der Waals surface area contributed by atoms with E-state index in [4.69, 9.17) is 16.3 Å². The molecule has 3 aromatic rings. The Bertz CT molecular complexity index is 1030. The summed E-state index contributed by atoms with van der Waals surface area (Å²) in [6.45, 7) is 3.41. The Morgan fingerprint density at radius 1 is 1.41 bits per heavy atom. The summed E-state index contributed by atoms with van der Waals surface area (Å²) < 4.78 is 6.42. The molecule has 1 aliphatic rings. The highest BCUT2D eigenvalue weighted by atomic mass is 35.5. The lowest BCUT2D eigenvalue weighted by molar-refractivity contribution is -0.147. The minimum absolute atomic E-state index is 0.0840.